The maximum Gasteiger partial charge on any atom is 0.229 e. The molecular formula is C11H18N2O2S. The van der Waals surface area contributed by atoms with Crippen molar-refractivity contribution < 1.29 is 9.63 Å². The Bertz CT molecular complexity index is 322. The summed E-state index contributed by atoms with van der Waals surface area (Å²) in [7, 11) is 0. The van der Waals surface area contributed by atoms with Gasteiger partial charge in [0.15, 0.2) is 5.82 Å². The van der Waals surface area contributed by atoms with Gasteiger partial charge in [-0.15, -0.1) is 0 Å². The van der Waals surface area contributed by atoms with E-state index < -0.39 is 6.10 Å². The van der Waals surface area contributed by atoms with Crippen LogP contribution in [-0.2, 0) is 12.8 Å². The molecule has 0 aromatic carbocycles. The van der Waals surface area contributed by atoms with Gasteiger partial charge in [-0.3, -0.25) is 0 Å². The summed E-state index contributed by atoms with van der Waals surface area (Å²) in [6.07, 6.45) is 3.46. The average Bonchev–Trinajstić information content (AvgIpc) is 2.66. The molecule has 1 unspecified atom stereocenters. The molecule has 1 aliphatic heterocycles. The summed E-state index contributed by atoms with van der Waals surface area (Å²) in [5.41, 5.74) is 0. The fourth-order valence-electron chi connectivity index (χ4n) is 1.92. The summed E-state index contributed by atoms with van der Waals surface area (Å²) >= 11 is 2.03. The number of aliphatic hydroxyl groups is 1. The van der Waals surface area contributed by atoms with Gasteiger partial charge in [-0.05, 0) is 37.2 Å². The van der Waals surface area contributed by atoms with Crippen LogP contribution in [0.4, 0.5) is 0 Å². The lowest BCUT2D eigenvalue weighted by atomic mass is 9.99. The number of aliphatic hydroxyl groups excluding tert-OH is 1. The molecule has 5 heteroatoms. The minimum Gasteiger partial charge on any atom is -0.393 e. The Morgan fingerprint density at radius 2 is 2.25 bits per heavy atom. The van der Waals surface area contributed by atoms with E-state index in [0.717, 1.165) is 12.2 Å². The number of aromatic nitrogens is 2. The van der Waals surface area contributed by atoms with Crippen molar-refractivity contribution in [2.24, 2.45) is 5.92 Å². The molecule has 0 amide bonds. The first-order chi connectivity index (χ1) is 7.74. The molecule has 1 aliphatic rings. The monoisotopic (exact) mass is 242 g/mol. The summed E-state index contributed by atoms with van der Waals surface area (Å²) in [6, 6.07) is 0. The summed E-state index contributed by atoms with van der Waals surface area (Å²) < 4.78 is 5.09. The van der Waals surface area contributed by atoms with Gasteiger partial charge in [0, 0.05) is 6.42 Å². The zero-order valence-corrected chi connectivity index (χ0v) is 10.4. The number of hydrogen-bond donors (Lipinski definition) is 1. The van der Waals surface area contributed by atoms with Crippen molar-refractivity contribution in [1.82, 2.24) is 10.1 Å². The molecule has 4 nitrogen and oxygen atoms in total. The highest BCUT2D eigenvalue weighted by atomic mass is 32.2. The van der Waals surface area contributed by atoms with Gasteiger partial charge >= 0.3 is 0 Å². The predicted molar refractivity (Wildman–Crippen MR) is 63.4 cm³/mol. The maximum atomic E-state index is 9.21. The van der Waals surface area contributed by atoms with E-state index in [-0.39, 0.29) is 0 Å². The quantitative estimate of drug-likeness (QED) is 0.870. The van der Waals surface area contributed by atoms with Crippen LogP contribution in [0.2, 0.25) is 0 Å². The molecule has 1 atom stereocenters. The topological polar surface area (TPSA) is 59.2 Å². The maximum absolute atomic E-state index is 9.21. The van der Waals surface area contributed by atoms with Crippen LogP contribution in [0.25, 0.3) is 0 Å². The van der Waals surface area contributed by atoms with Crippen molar-refractivity contribution >= 4 is 11.8 Å². The Morgan fingerprint density at radius 3 is 2.94 bits per heavy atom. The molecule has 0 bridgehead atoms. The number of rotatable bonds is 4. The Labute approximate surface area is 99.8 Å². The standard InChI is InChI=1S/C11H18N2O2S/c1-8(14)6-11-12-10(13-15-11)7-9-2-4-16-5-3-9/h8-9,14H,2-7H2,1H3. The lowest BCUT2D eigenvalue weighted by Gasteiger charge is -2.19. The van der Waals surface area contributed by atoms with E-state index in [0.29, 0.717) is 18.2 Å². The van der Waals surface area contributed by atoms with Crippen molar-refractivity contribution in [2.75, 3.05) is 11.5 Å². The molecule has 16 heavy (non-hydrogen) atoms. The molecule has 1 N–H and O–H groups in total. The molecule has 90 valence electrons. The number of nitrogens with zero attached hydrogens (tertiary/aromatic N) is 2. The third-order valence-corrected chi connectivity index (χ3v) is 3.84. The lowest BCUT2D eigenvalue weighted by molar-refractivity contribution is 0.181. The molecule has 0 saturated carbocycles. The van der Waals surface area contributed by atoms with Gasteiger partial charge in [0.05, 0.1) is 12.5 Å². The summed E-state index contributed by atoms with van der Waals surface area (Å²) in [4.78, 5) is 4.30. The van der Waals surface area contributed by atoms with Crippen LogP contribution in [-0.4, -0.2) is 32.9 Å². The smallest absolute Gasteiger partial charge is 0.229 e. The molecule has 2 rings (SSSR count). The highest BCUT2D eigenvalue weighted by molar-refractivity contribution is 7.99. The highest BCUT2D eigenvalue weighted by Crippen LogP contribution is 2.25. The number of hydrogen-bond acceptors (Lipinski definition) is 5. The first-order valence-electron chi connectivity index (χ1n) is 5.81. The molecule has 0 radical (unpaired) electrons. The highest BCUT2D eigenvalue weighted by Gasteiger charge is 2.17. The molecular weight excluding hydrogens is 224 g/mol. The van der Waals surface area contributed by atoms with Crippen LogP contribution in [0, 0.1) is 5.92 Å². The van der Waals surface area contributed by atoms with Crippen LogP contribution < -0.4 is 0 Å². The zero-order chi connectivity index (χ0) is 11.4. The number of thioether (sulfide) groups is 1. The first-order valence-corrected chi connectivity index (χ1v) is 6.97. The third-order valence-electron chi connectivity index (χ3n) is 2.79. The molecule has 0 aliphatic carbocycles. The average molecular weight is 242 g/mol. The van der Waals surface area contributed by atoms with E-state index in [1.54, 1.807) is 6.92 Å². The second-order valence-corrected chi connectivity index (χ2v) is 5.64. The van der Waals surface area contributed by atoms with Crippen molar-refractivity contribution in [3.05, 3.63) is 11.7 Å². The van der Waals surface area contributed by atoms with Gasteiger partial charge in [-0.25, -0.2) is 0 Å². The summed E-state index contributed by atoms with van der Waals surface area (Å²) in [6.45, 7) is 1.72. The van der Waals surface area contributed by atoms with Gasteiger partial charge in [-0.2, -0.15) is 16.7 Å². The van der Waals surface area contributed by atoms with Gasteiger partial charge in [0.1, 0.15) is 0 Å². The van der Waals surface area contributed by atoms with Gasteiger partial charge in [0.2, 0.25) is 5.89 Å². The van der Waals surface area contributed by atoms with Crippen molar-refractivity contribution in [1.29, 1.82) is 0 Å². The molecule has 1 aromatic heterocycles. The van der Waals surface area contributed by atoms with Crippen LogP contribution in [0.3, 0.4) is 0 Å². The van der Waals surface area contributed by atoms with Gasteiger partial charge in [0.25, 0.3) is 0 Å². The predicted octanol–water partition coefficient (Wildman–Crippen LogP) is 1.68. The van der Waals surface area contributed by atoms with E-state index >= 15 is 0 Å². The van der Waals surface area contributed by atoms with Crippen molar-refractivity contribution in [3.63, 3.8) is 0 Å². The van der Waals surface area contributed by atoms with Crippen molar-refractivity contribution in [3.8, 4) is 0 Å². The Kier molecular flexibility index (Phi) is 4.23. The van der Waals surface area contributed by atoms with Crippen LogP contribution in [0.1, 0.15) is 31.5 Å². The SMILES string of the molecule is CC(O)Cc1nc(CC2CCSCC2)no1. The Balaban J connectivity index is 1.86. The summed E-state index contributed by atoms with van der Waals surface area (Å²) in [5.74, 6) is 4.56. The van der Waals surface area contributed by atoms with E-state index in [4.69, 9.17) is 4.52 Å². The second-order valence-electron chi connectivity index (χ2n) is 4.42. The van der Waals surface area contributed by atoms with E-state index in [1.807, 2.05) is 11.8 Å². The van der Waals surface area contributed by atoms with Gasteiger partial charge in [-0.1, -0.05) is 5.16 Å². The first kappa shape index (κ1) is 11.9. The Hall–Kier alpha value is -0.550. The largest absolute Gasteiger partial charge is 0.393 e. The van der Waals surface area contributed by atoms with Crippen LogP contribution in [0.5, 0.6) is 0 Å². The summed E-state index contributed by atoms with van der Waals surface area (Å²) in [5, 5.41) is 13.2. The lowest BCUT2D eigenvalue weighted by Crippen LogP contribution is -2.13. The normalized spacial score (nSPS) is 19.9. The zero-order valence-electron chi connectivity index (χ0n) is 9.56. The molecule has 1 saturated heterocycles. The van der Waals surface area contributed by atoms with Gasteiger partial charge < -0.3 is 9.63 Å². The minimum absolute atomic E-state index is 0.417. The molecule has 0 spiro atoms. The van der Waals surface area contributed by atoms with E-state index in [9.17, 15) is 5.11 Å². The second kappa shape index (κ2) is 5.68. The molecule has 1 fully saturated rings. The van der Waals surface area contributed by atoms with E-state index in [1.165, 1.54) is 24.3 Å². The van der Waals surface area contributed by atoms with Crippen molar-refractivity contribution in [2.45, 2.75) is 38.7 Å². The fourth-order valence-corrected chi connectivity index (χ4v) is 3.12. The fraction of sp³-hybridized carbons (Fsp3) is 0.818. The molecule has 1 aromatic rings. The molecule has 2 heterocycles. The van der Waals surface area contributed by atoms with Crippen LogP contribution in [0.15, 0.2) is 4.52 Å². The Morgan fingerprint density at radius 1 is 1.50 bits per heavy atom. The minimum atomic E-state index is -0.417. The third kappa shape index (κ3) is 3.49. The van der Waals surface area contributed by atoms with Crippen LogP contribution >= 0.6 is 11.8 Å². The van der Waals surface area contributed by atoms with E-state index in [2.05, 4.69) is 10.1 Å².